The standard InChI is InChI=1S/C13H19N7O/c1-2-7-19-12(8-15-17-19)13(21)11-9-20(18-16-11)10-3-5-14-6-4-10/h8-10,14H,2-7H2,1H3. The van der Waals surface area contributed by atoms with Crippen molar-refractivity contribution < 1.29 is 4.79 Å². The largest absolute Gasteiger partial charge is 0.317 e. The molecule has 2 aromatic rings. The van der Waals surface area contributed by atoms with Gasteiger partial charge in [0.2, 0.25) is 5.78 Å². The van der Waals surface area contributed by atoms with Crippen LogP contribution in [0.5, 0.6) is 0 Å². The molecule has 0 amide bonds. The van der Waals surface area contributed by atoms with E-state index in [9.17, 15) is 4.79 Å². The molecule has 0 atom stereocenters. The van der Waals surface area contributed by atoms with Crippen molar-refractivity contribution in [1.82, 2.24) is 35.3 Å². The third-order valence-electron chi connectivity index (χ3n) is 3.71. The molecule has 8 heteroatoms. The lowest BCUT2D eigenvalue weighted by Gasteiger charge is -2.22. The predicted molar refractivity (Wildman–Crippen MR) is 74.9 cm³/mol. The summed E-state index contributed by atoms with van der Waals surface area (Å²) in [6.07, 6.45) is 6.13. The molecule has 0 aromatic carbocycles. The van der Waals surface area contributed by atoms with E-state index in [2.05, 4.69) is 25.9 Å². The Morgan fingerprint density at radius 3 is 2.95 bits per heavy atom. The lowest BCUT2D eigenvalue weighted by molar-refractivity contribution is 0.102. The second kappa shape index (κ2) is 6.13. The van der Waals surface area contributed by atoms with E-state index in [1.54, 1.807) is 10.9 Å². The summed E-state index contributed by atoms with van der Waals surface area (Å²) in [5.41, 5.74) is 0.822. The maximum atomic E-state index is 12.5. The van der Waals surface area contributed by atoms with Crippen LogP contribution in [0.2, 0.25) is 0 Å². The van der Waals surface area contributed by atoms with Crippen LogP contribution >= 0.6 is 0 Å². The highest BCUT2D eigenvalue weighted by molar-refractivity contribution is 6.06. The minimum Gasteiger partial charge on any atom is -0.317 e. The second-order valence-corrected chi connectivity index (χ2v) is 5.24. The summed E-state index contributed by atoms with van der Waals surface area (Å²) in [6.45, 7) is 4.65. The van der Waals surface area contributed by atoms with Gasteiger partial charge >= 0.3 is 0 Å². The third-order valence-corrected chi connectivity index (χ3v) is 3.71. The van der Waals surface area contributed by atoms with Gasteiger partial charge in [-0.05, 0) is 32.4 Å². The van der Waals surface area contributed by atoms with Crippen LogP contribution in [-0.2, 0) is 6.54 Å². The summed E-state index contributed by atoms with van der Waals surface area (Å²) in [5.74, 6) is -0.173. The molecule has 3 heterocycles. The molecular formula is C13H19N7O. The van der Waals surface area contributed by atoms with Gasteiger partial charge in [0.15, 0.2) is 5.69 Å². The molecule has 0 spiro atoms. The van der Waals surface area contributed by atoms with E-state index < -0.39 is 0 Å². The maximum Gasteiger partial charge on any atom is 0.234 e. The van der Waals surface area contributed by atoms with E-state index in [4.69, 9.17) is 0 Å². The highest BCUT2D eigenvalue weighted by Crippen LogP contribution is 2.17. The number of carbonyl (C=O) groups is 1. The Hall–Kier alpha value is -2.09. The van der Waals surface area contributed by atoms with Crippen LogP contribution in [-0.4, -0.2) is 48.9 Å². The molecule has 0 bridgehead atoms. The Bertz CT molecular complexity index is 612. The van der Waals surface area contributed by atoms with E-state index in [1.165, 1.54) is 6.20 Å². The Morgan fingerprint density at radius 2 is 2.19 bits per heavy atom. The number of hydrogen-bond acceptors (Lipinski definition) is 6. The highest BCUT2D eigenvalue weighted by Gasteiger charge is 2.21. The van der Waals surface area contributed by atoms with E-state index in [1.807, 2.05) is 11.6 Å². The summed E-state index contributed by atoms with van der Waals surface area (Å²) >= 11 is 0. The smallest absolute Gasteiger partial charge is 0.234 e. The number of aromatic nitrogens is 6. The molecule has 3 rings (SSSR count). The molecule has 0 unspecified atom stereocenters. The summed E-state index contributed by atoms with van der Waals surface area (Å²) in [6, 6.07) is 0.318. The number of aryl methyl sites for hydroxylation is 1. The number of carbonyl (C=O) groups excluding carboxylic acids is 1. The zero-order chi connectivity index (χ0) is 14.7. The van der Waals surface area contributed by atoms with Crippen LogP contribution in [0.25, 0.3) is 0 Å². The molecule has 1 saturated heterocycles. The predicted octanol–water partition coefficient (Wildman–Crippen LogP) is 0.435. The molecular weight excluding hydrogens is 270 g/mol. The van der Waals surface area contributed by atoms with Gasteiger partial charge in [0.05, 0.1) is 18.4 Å². The zero-order valence-electron chi connectivity index (χ0n) is 12.1. The van der Waals surface area contributed by atoms with Crippen LogP contribution in [0, 0.1) is 0 Å². The van der Waals surface area contributed by atoms with Crippen LogP contribution < -0.4 is 5.32 Å². The fourth-order valence-electron chi connectivity index (χ4n) is 2.57. The summed E-state index contributed by atoms with van der Waals surface area (Å²) in [5, 5.41) is 19.2. The van der Waals surface area contributed by atoms with Crippen LogP contribution in [0.4, 0.5) is 0 Å². The average Bonchev–Trinajstić information content (AvgIpc) is 3.17. The van der Waals surface area contributed by atoms with Gasteiger partial charge in [0.25, 0.3) is 0 Å². The molecule has 1 fully saturated rings. The lowest BCUT2D eigenvalue weighted by atomic mass is 10.1. The number of nitrogens with zero attached hydrogens (tertiary/aromatic N) is 6. The van der Waals surface area contributed by atoms with Crippen molar-refractivity contribution >= 4 is 5.78 Å². The minimum absolute atomic E-state index is 0.173. The van der Waals surface area contributed by atoms with Gasteiger partial charge < -0.3 is 5.32 Å². The molecule has 8 nitrogen and oxygen atoms in total. The first-order valence-electron chi connectivity index (χ1n) is 7.35. The van der Waals surface area contributed by atoms with Gasteiger partial charge in [0, 0.05) is 6.54 Å². The van der Waals surface area contributed by atoms with Crippen LogP contribution in [0.1, 0.15) is 48.4 Å². The van der Waals surface area contributed by atoms with E-state index >= 15 is 0 Å². The average molecular weight is 289 g/mol. The number of nitrogens with one attached hydrogen (secondary N) is 1. The summed E-state index contributed by atoms with van der Waals surface area (Å²) in [7, 11) is 0. The molecule has 2 aromatic heterocycles. The third kappa shape index (κ3) is 2.85. The quantitative estimate of drug-likeness (QED) is 0.803. The van der Waals surface area contributed by atoms with Gasteiger partial charge in [0.1, 0.15) is 5.69 Å². The van der Waals surface area contributed by atoms with Crippen LogP contribution in [0.15, 0.2) is 12.4 Å². The van der Waals surface area contributed by atoms with Crippen molar-refractivity contribution in [2.24, 2.45) is 0 Å². The molecule has 0 saturated carbocycles. The number of rotatable bonds is 5. The van der Waals surface area contributed by atoms with Gasteiger partial charge in [-0.2, -0.15) is 0 Å². The molecule has 1 aliphatic rings. The minimum atomic E-state index is -0.173. The van der Waals surface area contributed by atoms with Gasteiger partial charge in [-0.3, -0.25) is 4.79 Å². The molecule has 112 valence electrons. The first-order valence-corrected chi connectivity index (χ1v) is 7.35. The molecule has 0 radical (unpaired) electrons. The van der Waals surface area contributed by atoms with Crippen molar-refractivity contribution in [3.05, 3.63) is 23.8 Å². The normalized spacial score (nSPS) is 16.2. The van der Waals surface area contributed by atoms with Crippen molar-refractivity contribution in [2.75, 3.05) is 13.1 Å². The summed E-state index contributed by atoms with van der Waals surface area (Å²) in [4.78, 5) is 12.5. The second-order valence-electron chi connectivity index (χ2n) is 5.24. The molecule has 0 aliphatic carbocycles. The number of hydrogen-bond donors (Lipinski definition) is 1. The van der Waals surface area contributed by atoms with Gasteiger partial charge in [-0.15, -0.1) is 10.2 Å². The topological polar surface area (TPSA) is 90.5 Å². The summed E-state index contributed by atoms with van der Waals surface area (Å²) < 4.78 is 3.42. The fraction of sp³-hybridized carbons (Fsp3) is 0.615. The van der Waals surface area contributed by atoms with Gasteiger partial charge in [-0.1, -0.05) is 17.4 Å². The first kappa shape index (κ1) is 13.9. The number of piperidine rings is 1. The Morgan fingerprint density at radius 1 is 1.38 bits per heavy atom. The van der Waals surface area contributed by atoms with E-state index in [0.717, 1.165) is 32.4 Å². The highest BCUT2D eigenvalue weighted by atomic mass is 16.1. The Balaban J connectivity index is 1.78. The monoisotopic (exact) mass is 289 g/mol. The van der Waals surface area contributed by atoms with Crippen LogP contribution in [0.3, 0.4) is 0 Å². The Kier molecular flexibility index (Phi) is 4.05. The van der Waals surface area contributed by atoms with Crippen molar-refractivity contribution in [1.29, 1.82) is 0 Å². The maximum absolute atomic E-state index is 12.5. The fourth-order valence-corrected chi connectivity index (χ4v) is 2.57. The molecule has 1 N–H and O–H groups in total. The Labute approximate surface area is 122 Å². The first-order chi connectivity index (χ1) is 10.3. The van der Waals surface area contributed by atoms with Crippen molar-refractivity contribution in [2.45, 2.75) is 38.8 Å². The zero-order valence-corrected chi connectivity index (χ0v) is 12.1. The number of ketones is 1. The lowest BCUT2D eigenvalue weighted by Crippen LogP contribution is -2.29. The van der Waals surface area contributed by atoms with E-state index in [-0.39, 0.29) is 5.78 Å². The van der Waals surface area contributed by atoms with Crippen molar-refractivity contribution in [3.8, 4) is 0 Å². The van der Waals surface area contributed by atoms with Gasteiger partial charge in [-0.25, -0.2) is 9.36 Å². The molecule has 21 heavy (non-hydrogen) atoms. The van der Waals surface area contributed by atoms with E-state index in [0.29, 0.717) is 24.0 Å². The van der Waals surface area contributed by atoms with Crippen molar-refractivity contribution in [3.63, 3.8) is 0 Å². The SMILES string of the molecule is CCCn1nncc1C(=O)c1cn(C2CCNCC2)nn1. The molecule has 1 aliphatic heterocycles.